The van der Waals surface area contributed by atoms with Gasteiger partial charge in [0.15, 0.2) is 0 Å². The van der Waals surface area contributed by atoms with Gasteiger partial charge in [-0.05, 0) is 31.2 Å². The van der Waals surface area contributed by atoms with Crippen molar-refractivity contribution in [3.63, 3.8) is 0 Å². The topological polar surface area (TPSA) is 28.7 Å². The van der Waals surface area contributed by atoms with E-state index in [9.17, 15) is 0 Å². The molecule has 0 saturated carbocycles. The van der Waals surface area contributed by atoms with E-state index in [-0.39, 0.29) is 0 Å². The Bertz CT molecular complexity index is 485. The molecule has 14 heavy (non-hydrogen) atoms. The van der Waals surface area contributed by atoms with E-state index in [1.54, 1.807) is 0 Å². The molecule has 2 heterocycles. The van der Waals surface area contributed by atoms with Gasteiger partial charge in [-0.3, -0.25) is 4.98 Å². The SMILES string of the molecule is Cc1ccc(-c2cccc(=S)[nH]2)cn1. The highest BCUT2D eigenvalue weighted by Gasteiger charge is 1.96. The molecule has 0 aliphatic rings. The zero-order valence-corrected chi connectivity index (χ0v) is 8.64. The first-order valence-corrected chi connectivity index (χ1v) is 4.79. The number of hydrogen-bond acceptors (Lipinski definition) is 2. The lowest BCUT2D eigenvalue weighted by molar-refractivity contribution is 1.19. The van der Waals surface area contributed by atoms with Gasteiger partial charge in [-0.1, -0.05) is 18.3 Å². The predicted octanol–water partition coefficient (Wildman–Crippen LogP) is 3.11. The number of aryl methyl sites for hydroxylation is 1. The van der Waals surface area contributed by atoms with Crippen LogP contribution in [0.25, 0.3) is 11.3 Å². The highest BCUT2D eigenvalue weighted by molar-refractivity contribution is 7.71. The van der Waals surface area contributed by atoms with Crippen LogP contribution in [0.3, 0.4) is 0 Å². The first-order chi connectivity index (χ1) is 6.75. The van der Waals surface area contributed by atoms with Gasteiger partial charge >= 0.3 is 0 Å². The Morgan fingerprint density at radius 2 is 2.07 bits per heavy atom. The van der Waals surface area contributed by atoms with E-state index in [0.717, 1.165) is 21.6 Å². The lowest BCUT2D eigenvalue weighted by Crippen LogP contribution is -1.85. The van der Waals surface area contributed by atoms with Crippen LogP contribution in [0.5, 0.6) is 0 Å². The zero-order chi connectivity index (χ0) is 9.97. The number of aromatic nitrogens is 2. The summed E-state index contributed by atoms with van der Waals surface area (Å²) in [5.41, 5.74) is 3.08. The fourth-order valence-corrected chi connectivity index (χ4v) is 1.43. The first-order valence-electron chi connectivity index (χ1n) is 4.38. The Morgan fingerprint density at radius 1 is 1.21 bits per heavy atom. The van der Waals surface area contributed by atoms with Gasteiger partial charge in [0.2, 0.25) is 0 Å². The van der Waals surface area contributed by atoms with Gasteiger partial charge in [-0.2, -0.15) is 0 Å². The van der Waals surface area contributed by atoms with Crippen molar-refractivity contribution in [2.24, 2.45) is 0 Å². The second-order valence-electron chi connectivity index (χ2n) is 3.12. The third kappa shape index (κ3) is 1.88. The molecule has 0 radical (unpaired) electrons. The predicted molar refractivity (Wildman–Crippen MR) is 59.6 cm³/mol. The van der Waals surface area contributed by atoms with E-state index in [1.807, 2.05) is 43.5 Å². The smallest absolute Gasteiger partial charge is 0.103 e. The van der Waals surface area contributed by atoms with E-state index in [0.29, 0.717) is 0 Å². The molecule has 0 aliphatic heterocycles. The second kappa shape index (κ2) is 3.72. The van der Waals surface area contributed by atoms with Crippen molar-refractivity contribution in [1.82, 2.24) is 9.97 Å². The number of H-pyrrole nitrogens is 1. The van der Waals surface area contributed by atoms with Gasteiger partial charge in [0.25, 0.3) is 0 Å². The van der Waals surface area contributed by atoms with Crippen molar-refractivity contribution < 1.29 is 0 Å². The average molecular weight is 202 g/mol. The van der Waals surface area contributed by atoms with Crippen LogP contribution in [-0.4, -0.2) is 9.97 Å². The molecule has 0 aliphatic carbocycles. The molecule has 1 N–H and O–H groups in total. The van der Waals surface area contributed by atoms with Crippen LogP contribution >= 0.6 is 12.2 Å². The van der Waals surface area contributed by atoms with Crippen molar-refractivity contribution in [1.29, 1.82) is 0 Å². The standard InChI is InChI=1S/C11H10N2S/c1-8-5-6-9(7-12-8)10-3-2-4-11(14)13-10/h2-7H,1H3,(H,13,14). The van der Waals surface area contributed by atoms with Gasteiger partial charge < -0.3 is 4.98 Å². The van der Waals surface area contributed by atoms with Crippen molar-refractivity contribution >= 4 is 12.2 Å². The highest BCUT2D eigenvalue weighted by Crippen LogP contribution is 2.14. The number of pyridine rings is 2. The molecular weight excluding hydrogens is 192 g/mol. The summed E-state index contributed by atoms with van der Waals surface area (Å²) in [4.78, 5) is 7.35. The molecule has 0 unspecified atom stereocenters. The zero-order valence-electron chi connectivity index (χ0n) is 7.82. The lowest BCUT2D eigenvalue weighted by atomic mass is 10.2. The van der Waals surface area contributed by atoms with Crippen molar-refractivity contribution in [2.75, 3.05) is 0 Å². The fourth-order valence-electron chi connectivity index (χ4n) is 1.24. The number of rotatable bonds is 1. The minimum atomic E-state index is 0.739. The summed E-state index contributed by atoms with van der Waals surface area (Å²) in [5, 5.41) is 0. The Labute approximate surface area is 87.7 Å². The normalized spacial score (nSPS) is 10.1. The molecular formula is C11H10N2S. The molecule has 2 aromatic rings. The molecule has 0 bridgehead atoms. The summed E-state index contributed by atoms with van der Waals surface area (Å²) < 4.78 is 0.739. The number of hydrogen-bond donors (Lipinski definition) is 1. The van der Waals surface area contributed by atoms with E-state index < -0.39 is 0 Å². The maximum atomic E-state index is 5.05. The van der Waals surface area contributed by atoms with Gasteiger partial charge in [0.1, 0.15) is 4.64 Å². The van der Waals surface area contributed by atoms with E-state index >= 15 is 0 Å². The Balaban J connectivity index is 2.50. The Morgan fingerprint density at radius 3 is 2.71 bits per heavy atom. The molecule has 0 saturated heterocycles. The van der Waals surface area contributed by atoms with Crippen LogP contribution in [-0.2, 0) is 0 Å². The Kier molecular flexibility index (Phi) is 2.41. The second-order valence-corrected chi connectivity index (χ2v) is 3.56. The fraction of sp³-hybridized carbons (Fsp3) is 0.0909. The van der Waals surface area contributed by atoms with Crippen LogP contribution in [0, 0.1) is 11.6 Å². The molecule has 2 nitrogen and oxygen atoms in total. The minimum Gasteiger partial charge on any atom is -0.346 e. The first kappa shape index (κ1) is 9.09. The van der Waals surface area contributed by atoms with Crippen LogP contribution < -0.4 is 0 Å². The van der Waals surface area contributed by atoms with Crippen LogP contribution in [0.15, 0.2) is 36.5 Å². The molecule has 3 heteroatoms. The van der Waals surface area contributed by atoms with Gasteiger partial charge in [0.05, 0.1) is 0 Å². The lowest BCUT2D eigenvalue weighted by Gasteiger charge is -2.00. The van der Waals surface area contributed by atoms with Gasteiger partial charge in [-0.15, -0.1) is 0 Å². The molecule has 2 rings (SSSR count). The number of aromatic amines is 1. The van der Waals surface area contributed by atoms with Crippen molar-refractivity contribution in [2.45, 2.75) is 6.92 Å². The summed E-state index contributed by atoms with van der Waals surface area (Å²) in [6, 6.07) is 9.80. The molecule has 0 aromatic carbocycles. The third-order valence-electron chi connectivity index (χ3n) is 1.99. The monoisotopic (exact) mass is 202 g/mol. The van der Waals surface area contributed by atoms with Crippen LogP contribution in [0.4, 0.5) is 0 Å². The molecule has 0 atom stereocenters. The molecule has 0 fully saturated rings. The molecule has 2 aromatic heterocycles. The van der Waals surface area contributed by atoms with E-state index in [1.165, 1.54) is 0 Å². The summed E-state index contributed by atoms with van der Waals surface area (Å²) in [5.74, 6) is 0. The maximum Gasteiger partial charge on any atom is 0.103 e. The van der Waals surface area contributed by atoms with Crippen molar-refractivity contribution in [3.05, 3.63) is 46.9 Å². The highest BCUT2D eigenvalue weighted by atomic mass is 32.1. The average Bonchev–Trinajstić information content (AvgIpc) is 2.19. The number of nitrogens with one attached hydrogen (secondary N) is 1. The minimum absolute atomic E-state index is 0.739. The number of nitrogens with zero attached hydrogens (tertiary/aromatic N) is 1. The summed E-state index contributed by atoms with van der Waals surface area (Å²) in [6.07, 6.45) is 1.84. The molecule has 0 spiro atoms. The van der Waals surface area contributed by atoms with Gasteiger partial charge in [-0.25, -0.2) is 0 Å². The largest absolute Gasteiger partial charge is 0.346 e. The summed E-state index contributed by atoms with van der Waals surface area (Å²) in [6.45, 7) is 1.97. The van der Waals surface area contributed by atoms with E-state index in [2.05, 4.69) is 9.97 Å². The van der Waals surface area contributed by atoms with Crippen LogP contribution in [0.1, 0.15) is 5.69 Å². The maximum absolute atomic E-state index is 5.05. The summed E-state index contributed by atoms with van der Waals surface area (Å²) in [7, 11) is 0. The van der Waals surface area contributed by atoms with Crippen LogP contribution in [0.2, 0.25) is 0 Å². The third-order valence-corrected chi connectivity index (χ3v) is 2.23. The quantitative estimate of drug-likeness (QED) is 0.720. The Hall–Kier alpha value is -1.48. The molecule has 70 valence electrons. The summed E-state index contributed by atoms with van der Waals surface area (Å²) >= 11 is 5.05. The van der Waals surface area contributed by atoms with E-state index in [4.69, 9.17) is 12.2 Å². The molecule has 0 amide bonds. The van der Waals surface area contributed by atoms with Crippen molar-refractivity contribution in [3.8, 4) is 11.3 Å². The van der Waals surface area contributed by atoms with Gasteiger partial charge in [0, 0.05) is 23.1 Å².